The van der Waals surface area contributed by atoms with Crippen LogP contribution in [0, 0.1) is 0 Å². The largest absolute Gasteiger partial charge is 0.491 e. The highest BCUT2D eigenvalue weighted by atomic mass is 28.4. The molecule has 214 valence electrons. The van der Waals surface area contributed by atoms with Crippen molar-refractivity contribution < 1.29 is 47.5 Å². The summed E-state index contributed by atoms with van der Waals surface area (Å²) in [6.45, 7) is 7.95. The van der Waals surface area contributed by atoms with Crippen molar-refractivity contribution in [1.29, 1.82) is 0 Å². The average molecular weight is 548 g/mol. The molecule has 1 aromatic carbocycles. The van der Waals surface area contributed by atoms with Crippen LogP contribution in [0.2, 0.25) is 12.6 Å². The van der Waals surface area contributed by atoms with E-state index in [0.29, 0.717) is 98.2 Å². The smallest absolute Gasteiger partial charge is 0.329 e. The fourth-order valence-electron chi connectivity index (χ4n) is 2.87. The second kappa shape index (κ2) is 23.5. The molecule has 0 saturated carbocycles. The van der Waals surface area contributed by atoms with Crippen LogP contribution in [-0.4, -0.2) is 116 Å². The molecule has 0 spiro atoms. The minimum atomic E-state index is -2.97. The van der Waals surface area contributed by atoms with Gasteiger partial charge >= 0.3 is 14.5 Å². The van der Waals surface area contributed by atoms with E-state index in [0.717, 1.165) is 5.75 Å². The van der Waals surface area contributed by atoms with Gasteiger partial charge in [-0.25, -0.2) is 0 Å². The van der Waals surface area contributed by atoms with E-state index in [-0.39, 0.29) is 19.0 Å². The quantitative estimate of drug-likeness (QED) is 0.0875. The summed E-state index contributed by atoms with van der Waals surface area (Å²) in [7, 11) is -2.97. The molecule has 0 atom stereocenters. The highest BCUT2D eigenvalue weighted by Gasteiger charge is 2.19. The van der Waals surface area contributed by atoms with Gasteiger partial charge in [0.25, 0.3) is 0 Å². The lowest BCUT2D eigenvalue weighted by Gasteiger charge is -2.11. The van der Waals surface area contributed by atoms with Crippen molar-refractivity contribution in [2.45, 2.75) is 25.4 Å². The number of carbonyl (C=O) groups excluding carboxylic acids is 1. The Morgan fingerprint density at radius 1 is 0.730 bits per heavy atom. The Morgan fingerprint density at radius 3 is 1.73 bits per heavy atom. The van der Waals surface area contributed by atoms with Crippen molar-refractivity contribution in [2.24, 2.45) is 0 Å². The number of hydrogen-bond acceptors (Lipinski definition) is 11. The number of benzene rings is 1. The molecule has 0 aromatic heterocycles. The van der Waals surface area contributed by atoms with Crippen molar-refractivity contribution in [2.75, 3.05) is 92.4 Å². The SMILES string of the molecule is C[Si](O)(O)CCCNCCC(=O)OCCOCCOCCOCCOCCOCCOc1ccccc1. The van der Waals surface area contributed by atoms with Crippen LogP contribution in [0.1, 0.15) is 12.8 Å². The topological polar surface area (TPSA) is 134 Å². The molecule has 0 aliphatic carbocycles. The zero-order chi connectivity index (χ0) is 26.9. The number of ether oxygens (including phenoxy) is 7. The fraction of sp³-hybridized carbons (Fsp3) is 0.720. The first-order chi connectivity index (χ1) is 18.0. The molecule has 0 bridgehead atoms. The number of para-hydroxylation sites is 1. The summed E-state index contributed by atoms with van der Waals surface area (Å²) in [5, 5.41) is 3.08. The predicted octanol–water partition coefficient (Wildman–Crippen LogP) is 1.12. The third-order valence-electron chi connectivity index (χ3n) is 4.73. The zero-order valence-electron chi connectivity index (χ0n) is 22.1. The molecule has 12 heteroatoms. The van der Waals surface area contributed by atoms with Gasteiger partial charge in [0, 0.05) is 6.54 Å². The lowest BCUT2D eigenvalue weighted by molar-refractivity contribution is -0.145. The van der Waals surface area contributed by atoms with Gasteiger partial charge in [0.15, 0.2) is 0 Å². The van der Waals surface area contributed by atoms with Crippen LogP contribution >= 0.6 is 0 Å². The van der Waals surface area contributed by atoms with Gasteiger partial charge in [-0.3, -0.25) is 4.79 Å². The molecule has 1 aromatic rings. The summed E-state index contributed by atoms with van der Waals surface area (Å²) in [5.74, 6) is 0.540. The Hall–Kier alpha value is -1.61. The maximum absolute atomic E-state index is 11.6. The van der Waals surface area contributed by atoms with Gasteiger partial charge in [-0.2, -0.15) is 0 Å². The van der Waals surface area contributed by atoms with Crippen molar-refractivity contribution in [3.8, 4) is 5.75 Å². The molecule has 37 heavy (non-hydrogen) atoms. The number of esters is 1. The van der Waals surface area contributed by atoms with E-state index in [1.54, 1.807) is 0 Å². The first-order valence-electron chi connectivity index (χ1n) is 12.8. The van der Waals surface area contributed by atoms with E-state index in [9.17, 15) is 14.4 Å². The van der Waals surface area contributed by atoms with E-state index in [1.807, 2.05) is 30.3 Å². The highest BCUT2D eigenvalue weighted by Crippen LogP contribution is 2.07. The Kier molecular flexibility index (Phi) is 21.2. The summed E-state index contributed by atoms with van der Waals surface area (Å²) in [4.78, 5) is 30.2. The van der Waals surface area contributed by atoms with Gasteiger partial charge < -0.3 is 48.1 Å². The van der Waals surface area contributed by atoms with E-state index < -0.39 is 8.56 Å². The van der Waals surface area contributed by atoms with Crippen LogP contribution in [-0.2, 0) is 33.2 Å². The Morgan fingerprint density at radius 2 is 1.22 bits per heavy atom. The van der Waals surface area contributed by atoms with Gasteiger partial charge in [0.2, 0.25) is 0 Å². The van der Waals surface area contributed by atoms with E-state index >= 15 is 0 Å². The first kappa shape index (κ1) is 33.4. The Labute approximate surface area is 221 Å². The van der Waals surface area contributed by atoms with Crippen molar-refractivity contribution >= 4 is 14.5 Å². The normalized spacial score (nSPS) is 11.5. The summed E-state index contributed by atoms with van der Waals surface area (Å²) in [5.41, 5.74) is 0. The minimum absolute atomic E-state index is 0.202. The molecule has 1 rings (SSSR count). The summed E-state index contributed by atoms with van der Waals surface area (Å²) in [6.07, 6.45) is 0.934. The van der Waals surface area contributed by atoms with Crippen molar-refractivity contribution in [3.63, 3.8) is 0 Å². The van der Waals surface area contributed by atoms with Crippen molar-refractivity contribution in [1.82, 2.24) is 5.32 Å². The van der Waals surface area contributed by atoms with Gasteiger partial charge in [-0.05, 0) is 37.7 Å². The zero-order valence-corrected chi connectivity index (χ0v) is 23.1. The van der Waals surface area contributed by atoms with Crippen LogP contribution in [0.3, 0.4) is 0 Å². The molecule has 0 saturated heterocycles. The number of hydrogen-bond donors (Lipinski definition) is 3. The third-order valence-corrected chi connectivity index (χ3v) is 6.03. The van der Waals surface area contributed by atoms with Crippen LogP contribution in [0.4, 0.5) is 0 Å². The molecule has 0 amide bonds. The van der Waals surface area contributed by atoms with Gasteiger partial charge in [0.05, 0.1) is 72.5 Å². The van der Waals surface area contributed by atoms with Crippen LogP contribution in [0.15, 0.2) is 30.3 Å². The minimum Gasteiger partial charge on any atom is -0.491 e. The molecule has 0 radical (unpaired) electrons. The molecule has 0 heterocycles. The second-order valence-electron chi connectivity index (χ2n) is 8.26. The molecule has 0 aliphatic rings. The monoisotopic (exact) mass is 547 g/mol. The van der Waals surface area contributed by atoms with E-state index in [1.165, 1.54) is 6.55 Å². The Bertz CT molecular complexity index is 648. The number of carbonyl (C=O) groups is 1. The van der Waals surface area contributed by atoms with Crippen LogP contribution in [0.25, 0.3) is 0 Å². The molecule has 0 unspecified atom stereocenters. The lowest BCUT2D eigenvalue weighted by atomic mass is 10.3. The molecule has 3 N–H and O–H groups in total. The van der Waals surface area contributed by atoms with Gasteiger partial charge in [-0.15, -0.1) is 0 Å². The summed E-state index contributed by atoms with van der Waals surface area (Å²) < 4.78 is 37.7. The average Bonchev–Trinajstić information content (AvgIpc) is 2.87. The fourth-order valence-corrected chi connectivity index (χ4v) is 3.71. The van der Waals surface area contributed by atoms with Crippen molar-refractivity contribution in [3.05, 3.63) is 30.3 Å². The van der Waals surface area contributed by atoms with Gasteiger partial charge in [-0.1, -0.05) is 18.2 Å². The van der Waals surface area contributed by atoms with Gasteiger partial charge in [0.1, 0.15) is 19.0 Å². The first-order valence-corrected chi connectivity index (χ1v) is 15.5. The molecular formula is C25H45NO10Si. The second-order valence-corrected chi connectivity index (χ2v) is 11.2. The standard InChI is InChI=1S/C25H45NO10Si/c1-37(28,29)23-5-9-26-10-8-25(27)36-22-20-34-18-16-32-14-12-30-11-13-31-15-17-33-19-21-35-24-6-3-2-4-7-24/h2-4,6-7,26,28-29H,5,8-23H2,1H3. The lowest BCUT2D eigenvalue weighted by Crippen LogP contribution is -2.31. The van der Waals surface area contributed by atoms with Crippen LogP contribution in [0.5, 0.6) is 5.75 Å². The highest BCUT2D eigenvalue weighted by molar-refractivity contribution is 6.63. The van der Waals surface area contributed by atoms with Crippen LogP contribution < -0.4 is 10.1 Å². The Balaban J connectivity index is 1.70. The van der Waals surface area contributed by atoms with E-state index in [4.69, 9.17) is 33.2 Å². The molecule has 0 aliphatic heterocycles. The summed E-state index contributed by atoms with van der Waals surface area (Å²) >= 11 is 0. The molecule has 0 fully saturated rings. The number of nitrogens with one attached hydrogen (secondary N) is 1. The van der Waals surface area contributed by atoms with E-state index in [2.05, 4.69) is 5.32 Å². The molecule has 11 nitrogen and oxygen atoms in total. The number of rotatable bonds is 26. The maximum Gasteiger partial charge on any atom is 0.329 e. The molecular weight excluding hydrogens is 502 g/mol. The summed E-state index contributed by atoms with van der Waals surface area (Å²) in [6, 6.07) is 10.0. The third kappa shape index (κ3) is 24.5. The predicted molar refractivity (Wildman–Crippen MR) is 140 cm³/mol. The maximum atomic E-state index is 11.6.